The van der Waals surface area contributed by atoms with Crippen molar-refractivity contribution in [1.29, 1.82) is 0 Å². The van der Waals surface area contributed by atoms with Crippen molar-refractivity contribution in [1.82, 2.24) is 5.32 Å². The Labute approximate surface area is 97.9 Å². The topological polar surface area (TPSA) is 50.4 Å². The van der Waals surface area contributed by atoms with Crippen molar-refractivity contribution in [2.75, 3.05) is 13.1 Å². The molecule has 3 nitrogen and oxygen atoms in total. The molecule has 16 heavy (non-hydrogen) atoms. The number of aliphatic imine (C=N–C) groups is 1. The molecule has 0 radical (unpaired) electrons. The third kappa shape index (κ3) is 2.50. The number of rotatable bonds is 5. The second-order valence-electron chi connectivity index (χ2n) is 5.90. The van der Waals surface area contributed by atoms with Crippen LogP contribution in [0.25, 0.3) is 0 Å². The van der Waals surface area contributed by atoms with E-state index in [0.717, 1.165) is 36.8 Å². The van der Waals surface area contributed by atoms with E-state index in [1.165, 1.54) is 38.5 Å². The summed E-state index contributed by atoms with van der Waals surface area (Å²) in [6.45, 7) is 2.00. The molecule has 0 unspecified atom stereocenters. The molecule has 0 aromatic carbocycles. The number of nitrogens with zero attached hydrogens (tertiary/aromatic N) is 1. The fourth-order valence-electron chi connectivity index (χ4n) is 2.80. The molecule has 3 rings (SSSR count). The summed E-state index contributed by atoms with van der Waals surface area (Å²) in [5.74, 6) is 4.48. The molecule has 3 heteroatoms. The Bertz CT molecular complexity index is 279. The van der Waals surface area contributed by atoms with Crippen LogP contribution in [0.4, 0.5) is 0 Å². The quantitative estimate of drug-likeness (QED) is 0.549. The maximum absolute atomic E-state index is 5.85. The van der Waals surface area contributed by atoms with Crippen LogP contribution in [0, 0.1) is 23.7 Å². The molecule has 3 aliphatic carbocycles. The number of hydrogen-bond acceptors (Lipinski definition) is 1. The minimum absolute atomic E-state index is 0.674. The Morgan fingerprint density at radius 2 is 2.06 bits per heavy atom. The van der Waals surface area contributed by atoms with Crippen molar-refractivity contribution >= 4 is 5.96 Å². The van der Waals surface area contributed by atoms with Gasteiger partial charge < -0.3 is 11.1 Å². The number of nitrogens with two attached hydrogens (primary N) is 1. The first-order valence-corrected chi connectivity index (χ1v) is 6.86. The van der Waals surface area contributed by atoms with E-state index in [9.17, 15) is 0 Å². The van der Waals surface area contributed by atoms with Crippen molar-refractivity contribution in [3.63, 3.8) is 0 Å². The zero-order valence-corrected chi connectivity index (χ0v) is 9.99. The highest BCUT2D eigenvalue weighted by atomic mass is 15.1. The molecule has 90 valence electrons. The van der Waals surface area contributed by atoms with Crippen molar-refractivity contribution in [3.05, 3.63) is 0 Å². The molecule has 0 aromatic heterocycles. The Balaban J connectivity index is 1.31. The van der Waals surface area contributed by atoms with Crippen LogP contribution in [0.2, 0.25) is 0 Å². The van der Waals surface area contributed by atoms with Crippen LogP contribution >= 0.6 is 0 Å². The summed E-state index contributed by atoms with van der Waals surface area (Å²) < 4.78 is 0. The van der Waals surface area contributed by atoms with Gasteiger partial charge in [-0.05, 0) is 55.8 Å². The maximum atomic E-state index is 5.85. The second-order valence-corrected chi connectivity index (χ2v) is 5.90. The normalized spacial score (nSPS) is 34.6. The van der Waals surface area contributed by atoms with Crippen LogP contribution in [0.1, 0.15) is 38.5 Å². The molecule has 0 amide bonds. The molecule has 0 heterocycles. The molecule has 3 aliphatic rings. The van der Waals surface area contributed by atoms with Crippen molar-refractivity contribution in [2.45, 2.75) is 38.5 Å². The van der Waals surface area contributed by atoms with E-state index < -0.39 is 0 Å². The Hall–Kier alpha value is -0.730. The van der Waals surface area contributed by atoms with E-state index in [2.05, 4.69) is 10.3 Å². The largest absolute Gasteiger partial charge is 0.370 e. The summed E-state index contributed by atoms with van der Waals surface area (Å²) in [6, 6.07) is 0. The van der Waals surface area contributed by atoms with Gasteiger partial charge in [-0.25, -0.2) is 0 Å². The fourth-order valence-corrected chi connectivity index (χ4v) is 2.80. The van der Waals surface area contributed by atoms with Crippen molar-refractivity contribution in [3.8, 4) is 0 Å². The number of guanidine groups is 1. The van der Waals surface area contributed by atoms with Crippen LogP contribution in [0.3, 0.4) is 0 Å². The molecule has 0 aliphatic heterocycles. The molecular weight excluding hydrogens is 198 g/mol. The van der Waals surface area contributed by atoms with E-state index in [1.807, 2.05) is 0 Å². The lowest BCUT2D eigenvalue weighted by molar-refractivity contribution is 0.326. The van der Waals surface area contributed by atoms with E-state index in [-0.39, 0.29) is 0 Å². The Kier molecular flexibility index (Phi) is 2.78. The van der Waals surface area contributed by atoms with Gasteiger partial charge >= 0.3 is 0 Å². The summed E-state index contributed by atoms with van der Waals surface area (Å²) in [5, 5.41) is 3.29. The molecule has 2 atom stereocenters. The van der Waals surface area contributed by atoms with Gasteiger partial charge in [0.05, 0.1) is 0 Å². The first-order valence-electron chi connectivity index (χ1n) is 6.86. The Morgan fingerprint density at radius 3 is 2.69 bits per heavy atom. The van der Waals surface area contributed by atoms with Gasteiger partial charge in [-0.1, -0.05) is 6.42 Å². The predicted octanol–water partition coefficient (Wildman–Crippen LogP) is 1.74. The fraction of sp³-hybridized carbons (Fsp3) is 0.923. The molecule has 3 fully saturated rings. The van der Waals surface area contributed by atoms with Gasteiger partial charge in [0.1, 0.15) is 0 Å². The standard InChI is InChI=1S/C13H23N3/c14-13(15-7-9-2-1-3-9)16-8-11-6-12(11)10-4-5-10/h9-12H,1-8H2,(H3,14,15,16)/t11-,12-/m0/s1. The number of nitrogens with one attached hydrogen (secondary N) is 1. The molecule has 0 saturated heterocycles. The predicted molar refractivity (Wildman–Crippen MR) is 66.2 cm³/mol. The summed E-state index contributed by atoms with van der Waals surface area (Å²) in [4.78, 5) is 4.41. The van der Waals surface area contributed by atoms with Crippen molar-refractivity contribution in [2.24, 2.45) is 34.4 Å². The highest BCUT2D eigenvalue weighted by Gasteiger charge is 2.46. The van der Waals surface area contributed by atoms with Gasteiger partial charge in [-0.2, -0.15) is 0 Å². The smallest absolute Gasteiger partial charge is 0.188 e. The van der Waals surface area contributed by atoms with E-state index >= 15 is 0 Å². The highest BCUT2D eigenvalue weighted by molar-refractivity contribution is 5.77. The minimum atomic E-state index is 0.674. The average molecular weight is 221 g/mol. The summed E-state index contributed by atoms with van der Waals surface area (Å²) in [7, 11) is 0. The van der Waals surface area contributed by atoms with Crippen LogP contribution in [-0.2, 0) is 0 Å². The summed E-state index contributed by atoms with van der Waals surface area (Å²) >= 11 is 0. The molecule has 3 saturated carbocycles. The molecule has 3 N–H and O–H groups in total. The van der Waals surface area contributed by atoms with Gasteiger partial charge in [0.2, 0.25) is 0 Å². The van der Waals surface area contributed by atoms with Crippen LogP contribution < -0.4 is 11.1 Å². The minimum Gasteiger partial charge on any atom is -0.370 e. The first kappa shape index (κ1) is 10.4. The van der Waals surface area contributed by atoms with Gasteiger partial charge in [0.25, 0.3) is 0 Å². The molecular formula is C13H23N3. The first-order chi connectivity index (χ1) is 7.83. The van der Waals surface area contributed by atoms with Crippen LogP contribution in [0.15, 0.2) is 4.99 Å². The molecule has 0 bridgehead atoms. The Morgan fingerprint density at radius 1 is 1.25 bits per heavy atom. The molecule has 0 spiro atoms. The zero-order valence-electron chi connectivity index (χ0n) is 9.99. The monoisotopic (exact) mass is 221 g/mol. The summed E-state index contributed by atoms with van der Waals surface area (Å²) in [6.07, 6.45) is 8.47. The van der Waals surface area contributed by atoms with Crippen LogP contribution in [0.5, 0.6) is 0 Å². The van der Waals surface area contributed by atoms with Crippen LogP contribution in [-0.4, -0.2) is 19.0 Å². The average Bonchev–Trinajstić information content (AvgIpc) is 3.04. The lowest BCUT2D eigenvalue weighted by atomic mass is 9.86. The van der Waals surface area contributed by atoms with E-state index in [4.69, 9.17) is 5.73 Å². The number of hydrogen-bond donors (Lipinski definition) is 2. The lowest BCUT2D eigenvalue weighted by Crippen LogP contribution is -2.34. The lowest BCUT2D eigenvalue weighted by Gasteiger charge is -2.23. The molecule has 0 aromatic rings. The third-order valence-corrected chi connectivity index (χ3v) is 4.49. The van der Waals surface area contributed by atoms with E-state index in [0.29, 0.717) is 5.96 Å². The summed E-state index contributed by atoms with van der Waals surface area (Å²) in [5.41, 5.74) is 5.85. The van der Waals surface area contributed by atoms with Crippen molar-refractivity contribution < 1.29 is 0 Å². The SMILES string of the molecule is NC(=NCC1CCC1)NC[C@@H]1C[C@H]1C1CC1. The van der Waals surface area contributed by atoms with Gasteiger partial charge in [0.15, 0.2) is 5.96 Å². The van der Waals surface area contributed by atoms with Gasteiger partial charge in [-0.15, -0.1) is 0 Å². The zero-order chi connectivity index (χ0) is 11.0. The van der Waals surface area contributed by atoms with E-state index in [1.54, 1.807) is 0 Å². The van der Waals surface area contributed by atoms with Gasteiger partial charge in [-0.3, -0.25) is 4.99 Å². The third-order valence-electron chi connectivity index (χ3n) is 4.49. The highest BCUT2D eigenvalue weighted by Crippen LogP contribution is 2.53. The maximum Gasteiger partial charge on any atom is 0.188 e. The second kappa shape index (κ2) is 4.27. The van der Waals surface area contributed by atoms with Gasteiger partial charge in [0, 0.05) is 13.1 Å².